The van der Waals surface area contributed by atoms with Gasteiger partial charge in [0.1, 0.15) is 0 Å². The minimum absolute atomic E-state index is 0.274. The van der Waals surface area contributed by atoms with Gasteiger partial charge in [0.2, 0.25) is 0 Å². The van der Waals surface area contributed by atoms with Gasteiger partial charge in [0.25, 0.3) is 0 Å². The number of hydrogen-bond donors (Lipinski definition) is 0. The molecule has 3 fully saturated rings. The minimum Gasteiger partial charge on any atom is -0.378 e. The second kappa shape index (κ2) is 14.1. The lowest BCUT2D eigenvalue weighted by Crippen LogP contribution is -2.21. The third kappa shape index (κ3) is 9.13. The standard InChI is InChI=1S/C28H41NOS/c1-2-3-4-5-6-21-30-26-15-11-24(12-16-26)14-18-28-20-19-27(31-28)17-13-23-7-9-25(22-29)10-8-23/h23-28H,2-12,15-16,19-21H2,1H3. The van der Waals surface area contributed by atoms with Gasteiger partial charge < -0.3 is 4.74 Å². The molecule has 0 aromatic carbocycles. The fraction of sp³-hybridized carbons (Fsp3) is 0.821. The summed E-state index contributed by atoms with van der Waals surface area (Å²) in [6.45, 7) is 3.21. The third-order valence-electron chi connectivity index (χ3n) is 7.10. The summed E-state index contributed by atoms with van der Waals surface area (Å²) in [4.78, 5) is 0. The van der Waals surface area contributed by atoms with Crippen LogP contribution in [-0.2, 0) is 4.74 Å². The molecule has 2 aliphatic carbocycles. The molecule has 0 aromatic rings. The number of ether oxygens (including phenoxy) is 1. The topological polar surface area (TPSA) is 33.0 Å². The highest BCUT2D eigenvalue weighted by Crippen LogP contribution is 2.34. The van der Waals surface area contributed by atoms with Gasteiger partial charge in [-0.05, 0) is 70.6 Å². The Bertz CT molecular complexity index is 674. The van der Waals surface area contributed by atoms with Crippen LogP contribution in [0.5, 0.6) is 0 Å². The quantitative estimate of drug-likeness (QED) is 0.312. The summed E-state index contributed by atoms with van der Waals surface area (Å²) in [6, 6.07) is 2.41. The van der Waals surface area contributed by atoms with Crippen molar-refractivity contribution in [3.8, 4) is 29.8 Å². The second-order valence-electron chi connectivity index (χ2n) is 9.70. The maximum atomic E-state index is 9.03. The van der Waals surface area contributed by atoms with Crippen molar-refractivity contribution < 1.29 is 4.74 Å². The number of hydrogen-bond acceptors (Lipinski definition) is 3. The van der Waals surface area contributed by atoms with Crippen LogP contribution < -0.4 is 0 Å². The number of rotatable bonds is 7. The van der Waals surface area contributed by atoms with Crippen LogP contribution >= 0.6 is 11.8 Å². The van der Waals surface area contributed by atoms with Crippen molar-refractivity contribution in [1.82, 2.24) is 0 Å². The number of nitrogens with zero attached hydrogens (tertiary/aromatic N) is 1. The smallest absolute Gasteiger partial charge is 0.0670 e. The monoisotopic (exact) mass is 439 g/mol. The molecule has 31 heavy (non-hydrogen) atoms. The number of thioether (sulfide) groups is 1. The van der Waals surface area contributed by atoms with Crippen LogP contribution in [0.2, 0.25) is 0 Å². The first-order chi connectivity index (χ1) is 15.3. The van der Waals surface area contributed by atoms with Crippen LogP contribution in [-0.4, -0.2) is 23.2 Å². The molecule has 3 heteroatoms. The van der Waals surface area contributed by atoms with E-state index in [1.807, 2.05) is 11.8 Å². The first-order valence-corrected chi connectivity index (χ1v) is 13.9. The van der Waals surface area contributed by atoms with E-state index < -0.39 is 0 Å². The van der Waals surface area contributed by atoms with Gasteiger partial charge in [0.15, 0.2) is 0 Å². The van der Waals surface area contributed by atoms with E-state index in [4.69, 9.17) is 10.00 Å². The van der Waals surface area contributed by atoms with E-state index in [2.05, 4.69) is 36.7 Å². The lowest BCUT2D eigenvalue weighted by molar-refractivity contribution is 0.0209. The van der Waals surface area contributed by atoms with Crippen molar-refractivity contribution in [2.75, 3.05) is 6.61 Å². The van der Waals surface area contributed by atoms with Crippen molar-refractivity contribution in [1.29, 1.82) is 5.26 Å². The molecular formula is C28H41NOS. The van der Waals surface area contributed by atoms with E-state index in [0.717, 1.165) is 32.3 Å². The molecule has 1 saturated heterocycles. The highest BCUT2D eigenvalue weighted by atomic mass is 32.2. The van der Waals surface area contributed by atoms with Crippen LogP contribution in [0.15, 0.2) is 0 Å². The minimum atomic E-state index is 0.274. The SMILES string of the molecule is CCCCCCCOC1CCC(C#CC2CCC(C#CC3CCC(C#N)CC3)S2)CC1. The zero-order valence-electron chi connectivity index (χ0n) is 19.5. The summed E-state index contributed by atoms with van der Waals surface area (Å²) in [7, 11) is 0. The average Bonchev–Trinajstić information content (AvgIpc) is 3.27. The Balaban J connectivity index is 1.28. The zero-order chi connectivity index (χ0) is 21.7. The van der Waals surface area contributed by atoms with Crippen LogP contribution in [0.25, 0.3) is 0 Å². The van der Waals surface area contributed by atoms with Crippen molar-refractivity contribution in [2.24, 2.45) is 17.8 Å². The fourth-order valence-electron chi connectivity index (χ4n) is 4.97. The highest BCUT2D eigenvalue weighted by Gasteiger charge is 2.25. The molecule has 0 radical (unpaired) electrons. The maximum absolute atomic E-state index is 9.03. The normalized spacial score (nSPS) is 32.9. The molecule has 1 aliphatic heterocycles. The van der Waals surface area contributed by atoms with Crippen LogP contribution in [0.4, 0.5) is 0 Å². The van der Waals surface area contributed by atoms with E-state index in [9.17, 15) is 0 Å². The summed E-state index contributed by atoms with van der Waals surface area (Å²) in [5.41, 5.74) is 0. The molecule has 2 atom stereocenters. The van der Waals surface area contributed by atoms with Gasteiger partial charge in [-0.1, -0.05) is 56.3 Å². The van der Waals surface area contributed by atoms with Gasteiger partial charge >= 0.3 is 0 Å². The summed E-state index contributed by atoms with van der Waals surface area (Å²) in [5.74, 6) is 15.6. The Morgan fingerprint density at radius 2 is 1.23 bits per heavy atom. The van der Waals surface area contributed by atoms with E-state index in [-0.39, 0.29) is 5.92 Å². The van der Waals surface area contributed by atoms with E-state index in [1.165, 1.54) is 70.6 Å². The first kappa shape index (κ1) is 24.6. The summed E-state index contributed by atoms with van der Waals surface area (Å²) < 4.78 is 6.11. The second-order valence-corrected chi connectivity index (χ2v) is 11.1. The summed E-state index contributed by atoms with van der Waals surface area (Å²) in [6.07, 6.45) is 18.5. The zero-order valence-corrected chi connectivity index (χ0v) is 20.4. The van der Waals surface area contributed by atoms with Crippen molar-refractivity contribution >= 4 is 11.8 Å². The molecule has 0 amide bonds. The molecule has 1 heterocycles. The predicted molar refractivity (Wildman–Crippen MR) is 131 cm³/mol. The van der Waals surface area contributed by atoms with Gasteiger partial charge in [-0.25, -0.2) is 0 Å². The lowest BCUT2D eigenvalue weighted by Gasteiger charge is -2.26. The van der Waals surface area contributed by atoms with E-state index in [1.54, 1.807) is 0 Å². The van der Waals surface area contributed by atoms with Crippen molar-refractivity contribution in [3.63, 3.8) is 0 Å². The fourth-order valence-corrected chi connectivity index (χ4v) is 6.18. The van der Waals surface area contributed by atoms with Crippen LogP contribution in [0, 0.1) is 52.8 Å². The average molecular weight is 440 g/mol. The molecule has 2 nitrogen and oxygen atoms in total. The molecule has 0 aromatic heterocycles. The Kier molecular flexibility index (Phi) is 11.2. The van der Waals surface area contributed by atoms with Gasteiger partial charge in [0, 0.05) is 24.4 Å². The van der Waals surface area contributed by atoms with Crippen molar-refractivity contribution in [3.05, 3.63) is 0 Å². The molecule has 3 rings (SSSR count). The molecular weight excluding hydrogens is 398 g/mol. The van der Waals surface area contributed by atoms with E-state index in [0.29, 0.717) is 28.4 Å². The van der Waals surface area contributed by atoms with Crippen LogP contribution in [0.1, 0.15) is 103 Å². The maximum Gasteiger partial charge on any atom is 0.0670 e. The predicted octanol–water partition coefficient (Wildman–Crippen LogP) is 7.13. The van der Waals surface area contributed by atoms with E-state index >= 15 is 0 Å². The van der Waals surface area contributed by atoms with Crippen molar-refractivity contribution in [2.45, 2.75) is 120 Å². The molecule has 3 aliphatic rings. The van der Waals surface area contributed by atoms with Gasteiger partial charge in [0.05, 0.1) is 22.7 Å². The summed E-state index contributed by atoms with van der Waals surface area (Å²) in [5, 5.41) is 9.97. The molecule has 0 spiro atoms. The largest absolute Gasteiger partial charge is 0.378 e. The van der Waals surface area contributed by atoms with Gasteiger partial charge in [-0.2, -0.15) is 5.26 Å². The summed E-state index contributed by atoms with van der Waals surface area (Å²) >= 11 is 1.99. The Labute approximate surface area is 195 Å². The lowest BCUT2D eigenvalue weighted by atomic mass is 9.83. The Morgan fingerprint density at radius 1 is 0.677 bits per heavy atom. The van der Waals surface area contributed by atoms with Crippen LogP contribution in [0.3, 0.4) is 0 Å². The first-order valence-electron chi connectivity index (χ1n) is 13.0. The van der Waals surface area contributed by atoms with Gasteiger partial charge in [-0.3, -0.25) is 0 Å². The molecule has 0 N–H and O–H groups in total. The Hall–Kier alpha value is -1.08. The molecule has 170 valence electrons. The molecule has 2 unspecified atom stereocenters. The molecule has 0 bridgehead atoms. The number of unbranched alkanes of at least 4 members (excludes halogenated alkanes) is 4. The number of nitriles is 1. The third-order valence-corrected chi connectivity index (χ3v) is 8.47. The molecule has 2 saturated carbocycles. The van der Waals surface area contributed by atoms with Gasteiger partial charge in [-0.15, -0.1) is 11.8 Å². The highest BCUT2D eigenvalue weighted by molar-refractivity contribution is 8.01. The Morgan fingerprint density at radius 3 is 1.81 bits per heavy atom.